The maximum Gasteiger partial charge on any atom is 0.191 e. The van der Waals surface area contributed by atoms with Crippen LogP contribution in [0.5, 0.6) is 0 Å². The van der Waals surface area contributed by atoms with E-state index in [4.69, 9.17) is 0 Å². The summed E-state index contributed by atoms with van der Waals surface area (Å²) in [5, 5.41) is 17.0. The molecule has 26 heavy (non-hydrogen) atoms. The highest BCUT2D eigenvalue weighted by Crippen LogP contribution is 2.40. The number of benzene rings is 2. The van der Waals surface area contributed by atoms with E-state index in [0.717, 1.165) is 24.5 Å². The van der Waals surface area contributed by atoms with Crippen LogP contribution in [0.4, 0.5) is 0 Å². The lowest BCUT2D eigenvalue weighted by atomic mass is 10.1. The first-order valence-corrected chi connectivity index (χ1v) is 9.10. The first-order chi connectivity index (χ1) is 12.3. The molecule has 0 aromatic heterocycles. The molecule has 2 aromatic rings. The third-order valence-corrected chi connectivity index (χ3v) is 4.54. The Kier molecular flexibility index (Phi) is 8.38. The predicted octanol–water partition coefficient (Wildman–Crippen LogP) is 3.84. The van der Waals surface area contributed by atoms with Gasteiger partial charge in [-0.2, -0.15) is 0 Å². The summed E-state index contributed by atoms with van der Waals surface area (Å²) < 4.78 is 0. The van der Waals surface area contributed by atoms with Crippen LogP contribution in [-0.4, -0.2) is 30.2 Å². The van der Waals surface area contributed by atoms with E-state index in [1.165, 1.54) is 5.56 Å². The molecule has 0 amide bonds. The number of aliphatic hydroxyl groups is 1. The summed E-state index contributed by atoms with van der Waals surface area (Å²) in [6, 6.07) is 20.8. The van der Waals surface area contributed by atoms with Gasteiger partial charge in [-0.1, -0.05) is 60.7 Å². The summed E-state index contributed by atoms with van der Waals surface area (Å²) >= 11 is 0. The number of aliphatic imine (C=N–C) groups is 1. The van der Waals surface area contributed by atoms with Crippen LogP contribution in [0, 0.1) is 0 Å². The van der Waals surface area contributed by atoms with Gasteiger partial charge in [-0.15, -0.1) is 24.0 Å². The first-order valence-electron chi connectivity index (χ1n) is 9.10. The van der Waals surface area contributed by atoms with Gasteiger partial charge in [-0.25, -0.2) is 0 Å². The average Bonchev–Trinajstić information content (AvgIpc) is 3.42. The van der Waals surface area contributed by atoms with E-state index in [9.17, 15) is 5.11 Å². The summed E-state index contributed by atoms with van der Waals surface area (Å²) in [5.74, 6) is 1.41. The lowest BCUT2D eigenvalue weighted by molar-refractivity contribution is 0.170. The number of halogens is 1. The lowest BCUT2D eigenvalue weighted by Crippen LogP contribution is -2.39. The van der Waals surface area contributed by atoms with E-state index < -0.39 is 6.10 Å². The zero-order valence-corrected chi connectivity index (χ0v) is 17.5. The van der Waals surface area contributed by atoms with Crippen molar-refractivity contribution in [2.45, 2.75) is 37.8 Å². The number of hydrogen-bond acceptors (Lipinski definition) is 2. The van der Waals surface area contributed by atoms with Crippen LogP contribution in [0.2, 0.25) is 0 Å². The Hall–Kier alpha value is -1.60. The van der Waals surface area contributed by atoms with Gasteiger partial charge in [0.1, 0.15) is 0 Å². The third kappa shape index (κ3) is 5.99. The number of guanidine groups is 1. The monoisotopic (exact) mass is 465 g/mol. The minimum atomic E-state index is -0.467. The van der Waals surface area contributed by atoms with Crippen molar-refractivity contribution in [1.29, 1.82) is 0 Å². The second kappa shape index (κ2) is 10.5. The van der Waals surface area contributed by atoms with Gasteiger partial charge < -0.3 is 15.7 Å². The molecular formula is C21H28IN3O. The molecule has 3 unspecified atom stereocenters. The zero-order valence-electron chi connectivity index (χ0n) is 15.1. The van der Waals surface area contributed by atoms with E-state index >= 15 is 0 Å². The quantitative estimate of drug-likeness (QED) is 0.331. The minimum Gasteiger partial charge on any atom is -0.388 e. The van der Waals surface area contributed by atoms with Gasteiger partial charge in [-0.3, -0.25) is 4.99 Å². The molecule has 0 bridgehead atoms. The molecule has 1 aliphatic rings. The summed E-state index contributed by atoms with van der Waals surface area (Å²) in [4.78, 5) is 4.62. The van der Waals surface area contributed by atoms with Crippen LogP contribution in [0.25, 0.3) is 0 Å². The molecule has 2 aromatic carbocycles. The van der Waals surface area contributed by atoms with E-state index in [-0.39, 0.29) is 24.0 Å². The van der Waals surface area contributed by atoms with Crippen LogP contribution in [0.1, 0.15) is 42.9 Å². The van der Waals surface area contributed by atoms with E-state index in [1.807, 2.05) is 30.3 Å². The SMILES string of the molecule is CCNC(=NCCC(O)c1ccccc1)NC1CC1c1ccccc1.I. The predicted molar refractivity (Wildman–Crippen MR) is 118 cm³/mol. The third-order valence-electron chi connectivity index (χ3n) is 4.54. The van der Waals surface area contributed by atoms with Crippen LogP contribution in [-0.2, 0) is 0 Å². The van der Waals surface area contributed by atoms with Gasteiger partial charge in [0.2, 0.25) is 0 Å². The van der Waals surface area contributed by atoms with Crippen molar-refractivity contribution in [1.82, 2.24) is 10.6 Å². The summed E-state index contributed by atoms with van der Waals surface area (Å²) in [7, 11) is 0. The van der Waals surface area contributed by atoms with E-state index in [2.05, 4.69) is 52.9 Å². The molecule has 3 rings (SSSR count). The smallest absolute Gasteiger partial charge is 0.191 e. The van der Waals surface area contributed by atoms with Crippen molar-refractivity contribution in [2.24, 2.45) is 4.99 Å². The Morgan fingerprint density at radius 1 is 1.12 bits per heavy atom. The number of nitrogens with zero attached hydrogens (tertiary/aromatic N) is 1. The maximum absolute atomic E-state index is 10.2. The van der Waals surface area contributed by atoms with Crippen molar-refractivity contribution in [3.8, 4) is 0 Å². The molecule has 0 radical (unpaired) electrons. The maximum atomic E-state index is 10.2. The molecule has 0 aliphatic heterocycles. The molecule has 1 aliphatic carbocycles. The van der Waals surface area contributed by atoms with Gasteiger partial charge in [0.15, 0.2) is 5.96 Å². The highest BCUT2D eigenvalue weighted by molar-refractivity contribution is 14.0. The fraction of sp³-hybridized carbons (Fsp3) is 0.381. The topological polar surface area (TPSA) is 56.7 Å². The molecule has 3 atom stereocenters. The Morgan fingerprint density at radius 2 is 1.77 bits per heavy atom. The number of hydrogen-bond donors (Lipinski definition) is 3. The molecule has 140 valence electrons. The largest absolute Gasteiger partial charge is 0.388 e. The zero-order chi connectivity index (χ0) is 17.5. The Morgan fingerprint density at radius 3 is 2.42 bits per heavy atom. The highest BCUT2D eigenvalue weighted by atomic mass is 127. The highest BCUT2D eigenvalue weighted by Gasteiger charge is 2.38. The molecule has 0 spiro atoms. The standard InChI is InChI=1S/C21H27N3O.HI/c1-2-22-21(23-14-13-20(25)17-11-7-4-8-12-17)24-19-15-18(19)16-9-5-3-6-10-16;/h3-12,18-20,25H,2,13-15H2,1H3,(H2,22,23,24);1H. The Labute approximate surface area is 173 Å². The number of rotatable bonds is 7. The van der Waals surface area contributed by atoms with E-state index in [1.54, 1.807) is 0 Å². The van der Waals surface area contributed by atoms with E-state index in [0.29, 0.717) is 24.9 Å². The van der Waals surface area contributed by atoms with Crippen LogP contribution in [0.15, 0.2) is 65.7 Å². The summed E-state index contributed by atoms with van der Waals surface area (Å²) in [5.41, 5.74) is 2.33. The molecule has 1 saturated carbocycles. The average molecular weight is 465 g/mol. The van der Waals surface area contributed by atoms with Crippen LogP contribution >= 0.6 is 24.0 Å². The van der Waals surface area contributed by atoms with Crippen molar-refractivity contribution >= 4 is 29.9 Å². The lowest BCUT2D eigenvalue weighted by Gasteiger charge is -2.13. The Bertz CT molecular complexity index is 678. The normalized spacial score (nSPS) is 20.0. The van der Waals surface area contributed by atoms with Crippen molar-refractivity contribution in [3.05, 3.63) is 71.8 Å². The summed E-state index contributed by atoms with van der Waals surface area (Å²) in [6.45, 7) is 3.49. The van der Waals surface area contributed by atoms with Gasteiger partial charge in [0.25, 0.3) is 0 Å². The fourth-order valence-electron chi connectivity index (χ4n) is 3.06. The fourth-order valence-corrected chi connectivity index (χ4v) is 3.06. The van der Waals surface area contributed by atoms with Crippen molar-refractivity contribution in [2.75, 3.05) is 13.1 Å². The van der Waals surface area contributed by atoms with Crippen molar-refractivity contribution < 1.29 is 5.11 Å². The number of aliphatic hydroxyl groups excluding tert-OH is 1. The van der Waals surface area contributed by atoms with Gasteiger partial charge in [-0.05, 0) is 30.9 Å². The molecule has 1 fully saturated rings. The number of nitrogens with one attached hydrogen (secondary N) is 2. The van der Waals surface area contributed by atoms with Crippen LogP contribution < -0.4 is 10.6 Å². The summed E-state index contributed by atoms with van der Waals surface area (Å²) in [6.07, 6.45) is 1.29. The molecule has 3 N–H and O–H groups in total. The van der Waals surface area contributed by atoms with Gasteiger partial charge >= 0.3 is 0 Å². The van der Waals surface area contributed by atoms with Gasteiger partial charge in [0.05, 0.1) is 6.10 Å². The second-order valence-corrected chi connectivity index (χ2v) is 6.48. The van der Waals surface area contributed by atoms with Crippen molar-refractivity contribution in [3.63, 3.8) is 0 Å². The Balaban J connectivity index is 0.00000243. The van der Waals surface area contributed by atoms with Gasteiger partial charge in [0, 0.05) is 25.0 Å². The first kappa shape index (κ1) is 20.7. The molecular weight excluding hydrogens is 437 g/mol. The molecule has 0 heterocycles. The second-order valence-electron chi connectivity index (χ2n) is 6.48. The molecule has 0 saturated heterocycles. The molecule has 4 nitrogen and oxygen atoms in total. The van der Waals surface area contributed by atoms with Crippen LogP contribution in [0.3, 0.4) is 0 Å². The minimum absolute atomic E-state index is 0. The molecule has 5 heteroatoms.